The highest BCUT2D eigenvalue weighted by Gasteiger charge is 2.45. The number of hydrogen-bond acceptors (Lipinski definition) is 9. The van der Waals surface area contributed by atoms with E-state index < -0.39 is 0 Å². The lowest BCUT2D eigenvalue weighted by molar-refractivity contribution is -0.113. The molecule has 1 fully saturated rings. The molecular formula is C22H25N7O2S2. The van der Waals surface area contributed by atoms with Gasteiger partial charge in [0.2, 0.25) is 11.9 Å². The molecule has 172 valence electrons. The normalized spacial score (nSPS) is 22.3. The molecule has 1 aromatic carbocycles. The highest BCUT2D eigenvalue weighted by molar-refractivity contribution is 7.99. The molecular weight excluding hydrogens is 458 g/mol. The molecule has 0 bridgehead atoms. The number of amides is 1. The van der Waals surface area contributed by atoms with Crippen molar-refractivity contribution in [3.05, 3.63) is 46.3 Å². The molecule has 0 aliphatic carbocycles. The van der Waals surface area contributed by atoms with Crippen LogP contribution in [0.15, 0.2) is 35.5 Å². The molecule has 2 aromatic heterocycles. The minimum atomic E-state index is -0.203. The van der Waals surface area contributed by atoms with Crippen molar-refractivity contribution in [3.8, 4) is 5.00 Å². The van der Waals surface area contributed by atoms with E-state index in [2.05, 4.69) is 56.6 Å². The monoisotopic (exact) mass is 483 g/mol. The molecule has 5 heterocycles. The van der Waals surface area contributed by atoms with Crippen LogP contribution >= 0.6 is 23.1 Å². The number of nitrogens with one attached hydrogen (secondary N) is 3. The van der Waals surface area contributed by atoms with Gasteiger partial charge >= 0.3 is 0 Å². The number of carbonyl (C=O) groups is 1. The molecule has 3 aliphatic rings. The third kappa shape index (κ3) is 3.64. The number of rotatable bonds is 4. The van der Waals surface area contributed by atoms with Crippen LogP contribution in [0.25, 0.3) is 5.00 Å². The lowest BCUT2D eigenvalue weighted by atomic mass is 9.92. The van der Waals surface area contributed by atoms with Gasteiger partial charge in [0.25, 0.3) is 0 Å². The van der Waals surface area contributed by atoms with Gasteiger partial charge in [-0.25, -0.2) is 9.99 Å². The van der Waals surface area contributed by atoms with E-state index in [0.717, 1.165) is 23.1 Å². The number of thioether (sulfide) groups is 1. The molecule has 3 N–H and O–H groups in total. The van der Waals surface area contributed by atoms with Crippen LogP contribution in [-0.4, -0.2) is 38.2 Å². The number of anilines is 2. The van der Waals surface area contributed by atoms with Gasteiger partial charge < -0.3 is 10.1 Å². The molecule has 11 heteroatoms. The maximum Gasteiger partial charge on any atom is 0.249 e. The van der Waals surface area contributed by atoms with E-state index in [1.165, 1.54) is 27.8 Å². The SMILES string of the molecule is CC1NC2c3c(sc4c3CC(C)(C)OC4)-n3c(SCC(=O)Nc4ccccc4)nnc3N2N1. The minimum absolute atomic E-state index is 0.0140. The number of aromatic nitrogens is 3. The summed E-state index contributed by atoms with van der Waals surface area (Å²) in [7, 11) is 0. The maximum atomic E-state index is 12.5. The first-order chi connectivity index (χ1) is 15.9. The first-order valence-corrected chi connectivity index (χ1v) is 12.7. The first-order valence-electron chi connectivity index (χ1n) is 10.9. The topological polar surface area (TPSA) is 96.3 Å². The zero-order valence-corrected chi connectivity index (χ0v) is 20.2. The van der Waals surface area contributed by atoms with Gasteiger partial charge in [-0.1, -0.05) is 30.0 Å². The van der Waals surface area contributed by atoms with Gasteiger partial charge in [-0.2, -0.15) is 0 Å². The lowest BCUT2D eigenvalue weighted by Gasteiger charge is -2.34. The minimum Gasteiger partial charge on any atom is -0.370 e. The number of nitrogens with zero attached hydrogens (tertiary/aromatic N) is 4. The fraction of sp³-hybridized carbons (Fsp3) is 0.409. The van der Waals surface area contributed by atoms with Crippen LogP contribution in [0.3, 0.4) is 0 Å². The molecule has 0 spiro atoms. The first kappa shape index (κ1) is 21.1. The highest BCUT2D eigenvalue weighted by atomic mass is 32.2. The Hall–Kier alpha value is -2.44. The molecule has 2 unspecified atom stereocenters. The summed E-state index contributed by atoms with van der Waals surface area (Å²) in [5.74, 6) is 0.900. The van der Waals surface area contributed by atoms with Gasteiger partial charge in [-0.05, 0) is 38.5 Å². The van der Waals surface area contributed by atoms with Crippen molar-refractivity contribution >= 4 is 40.6 Å². The fourth-order valence-corrected chi connectivity index (χ4v) is 6.62. The second-order valence-corrected chi connectivity index (χ2v) is 11.1. The van der Waals surface area contributed by atoms with Gasteiger partial charge in [0.15, 0.2) is 5.16 Å². The predicted molar refractivity (Wildman–Crippen MR) is 129 cm³/mol. The number of para-hydroxylation sites is 1. The largest absolute Gasteiger partial charge is 0.370 e. The molecule has 1 amide bonds. The summed E-state index contributed by atoms with van der Waals surface area (Å²) in [5, 5.41) is 19.4. The fourth-order valence-electron chi connectivity index (χ4n) is 4.56. The van der Waals surface area contributed by atoms with Crippen LogP contribution in [0.5, 0.6) is 0 Å². The Kier molecular flexibility index (Phi) is 5.00. The summed E-state index contributed by atoms with van der Waals surface area (Å²) in [6, 6.07) is 9.48. The van der Waals surface area contributed by atoms with E-state index in [1.54, 1.807) is 11.3 Å². The van der Waals surface area contributed by atoms with E-state index >= 15 is 0 Å². The number of ether oxygens (including phenoxy) is 1. The van der Waals surface area contributed by atoms with Crippen LogP contribution in [-0.2, 0) is 22.6 Å². The van der Waals surface area contributed by atoms with Gasteiger partial charge in [-0.3, -0.25) is 15.1 Å². The smallest absolute Gasteiger partial charge is 0.249 e. The van der Waals surface area contributed by atoms with Crippen molar-refractivity contribution in [2.24, 2.45) is 0 Å². The Labute approximate surface area is 199 Å². The molecule has 3 aromatic rings. The molecule has 3 aliphatic heterocycles. The second kappa shape index (κ2) is 7.81. The number of thiophene rings is 1. The second-order valence-electron chi connectivity index (χ2n) is 9.06. The van der Waals surface area contributed by atoms with Crippen LogP contribution in [0.1, 0.15) is 42.9 Å². The summed E-state index contributed by atoms with van der Waals surface area (Å²) in [4.78, 5) is 13.8. The Morgan fingerprint density at radius 2 is 2.15 bits per heavy atom. The number of hydrogen-bond donors (Lipinski definition) is 3. The molecule has 6 rings (SSSR count). The zero-order valence-electron chi connectivity index (χ0n) is 18.6. The molecule has 33 heavy (non-hydrogen) atoms. The highest BCUT2D eigenvalue weighted by Crippen LogP contribution is 2.48. The van der Waals surface area contributed by atoms with Crippen molar-refractivity contribution < 1.29 is 9.53 Å². The molecule has 9 nitrogen and oxygen atoms in total. The average molecular weight is 484 g/mol. The van der Waals surface area contributed by atoms with E-state index in [-0.39, 0.29) is 29.6 Å². The van der Waals surface area contributed by atoms with Gasteiger partial charge in [-0.15, -0.1) is 21.5 Å². The summed E-state index contributed by atoms with van der Waals surface area (Å²) in [5.41, 5.74) is 6.65. The average Bonchev–Trinajstić information content (AvgIpc) is 3.46. The van der Waals surface area contributed by atoms with Gasteiger partial charge in [0.05, 0.1) is 24.1 Å². The lowest BCUT2D eigenvalue weighted by Crippen LogP contribution is -2.40. The predicted octanol–water partition coefficient (Wildman–Crippen LogP) is 3.18. The Morgan fingerprint density at radius 3 is 2.97 bits per heavy atom. The van der Waals surface area contributed by atoms with Crippen LogP contribution in [0.4, 0.5) is 11.6 Å². The maximum absolute atomic E-state index is 12.5. The van der Waals surface area contributed by atoms with Gasteiger partial charge in [0.1, 0.15) is 11.2 Å². The molecule has 0 radical (unpaired) electrons. The van der Waals surface area contributed by atoms with Crippen molar-refractivity contribution in [1.82, 2.24) is 25.5 Å². The Bertz CT molecular complexity index is 1220. The van der Waals surface area contributed by atoms with Crippen molar-refractivity contribution in [1.29, 1.82) is 0 Å². The van der Waals surface area contributed by atoms with Crippen LogP contribution < -0.4 is 21.1 Å². The van der Waals surface area contributed by atoms with Crippen LogP contribution in [0.2, 0.25) is 0 Å². The summed E-state index contributed by atoms with van der Waals surface area (Å²) < 4.78 is 8.18. The zero-order chi connectivity index (χ0) is 22.7. The Balaban J connectivity index is 1.34. The quantitative estimate of drug-likeness (QED) is 0.487. The van der Waals surface area contributed by atoms with Gasteiger partial charge in [0, 0.05) is 22.5 Å². The molecule has 2 atom stereocenters. The standard InChI is InChI=1S/C22H25N7O2S2/c1-12-23-18-17-14-9-22(2,3)31-10-15(14)33-19(17)28-20(29(18)27-12)25-26-21(28)32-11-16(30)24-13-7-5-4-6-8-13/h4-8,12,18,23,27H,9-11H2,1-3H3,(H,24,30). The molecule has 1 saturated heterocycles. The Morgan fingerprint density at radius 1 is 1.33 bits per heavy atom. The van der Waals surface area contributed by atoms with Crippen molar-refractivity contribution in [2.75, 3.05) is 16.1 Å². The summed E-state index contributed by atoms with van der Waals surface area (Å²) in [6.07, 6.45) is 0.940. The van der Waals surface area contributed by atoms with Crippen LogP contribution in [0, 0.1) is 0 Å². The molecule has 0 saturated carbocycles. The summed E-state index contributed by atoms with van der Waals surface area (Å²) in [6.45, 7) is 6.98. The number of hydrazine groups is 1. The van der Waals surface area contributed by atoms with Crippen molar-refractivity contribution in [2.45, 2.75) is 56.9 Å². The number of benzene rings is 1. The third-order valence-electron chi connectivity index (χ3n) is 6.01. The van der Waals surface area contributed by atoms with Crippen molar-refractivity contribution in [3.63, 3.8) is 0 Å². The van der Waals surface area contributed by atoms with E-state index in [4.69, 9.17) is 4.74 Å². The number of carbonyl (C=O) groups excluding carboxylic acids is 1. The van der Waals surface area contributed by atoms with E-state index in [1.807, 2.05) is 30.3 Å². The number of fused-ring (bicyclic) bond motifs is 8. The van der Waals surface area contributed by atoms with E-state index in [0.29, 0.717) is 11.8 Å². The summed E-state index contributed by atoms with van der Waals surface area (Å²) >= 11 is 3.13. The third-order valence-corrected chi connectivity index (χ3v) is 8.14. The van der Waals surface area contributed by atoms with E-state index in [9.17, 15) is 4.79 Å².